The monoisotopic (exact) mass is 414 g/mol. The van der Waals surface area contributed by atoms with Crippen LogP contribution in [-0.4, -0.2) is 27.1 Å². The minimum absolute atomic E-state index is 0.00507. The Morgan fingerprint density at radius 3 is 2.43 bits per heavy atom. The molecule has 0 bridgehead atoms. The molecule has 0 amide bonds. The van der Waals surface area contributed by atoms with Crippen LogP contribution in [0.25, 0.3) is 5.69 Å². The fraction of sp³-hybridized carbons (Fsp3) is 0.333. The van der Waals surface area contributed by atoms with E-state index in [4.69, 9.17) is 12.2 Å². The summed E-state index contributed by atoms with van der Waals surface area (Å²) in [5.74, 6) is -0.798. The Morgan fingerprint density at radius 2 is 1.89 bits per heavy atom. The van der Waals surface area contributed by atoms with E-state index in [1.54, 1.807) is 6.92 Å². The third-order valence-electron chi connectivity index (χ3n) is 4.20. The minimum Gasteiger partial charge on any atom is -0.465 e. The van der Waals surface area contributed by atoms with Crippen LogP contribution in [0.15, 0.2) is 33.9 Å². The fourth-order valence-corrected chi connectivity index (χ4v) is 2.99. The van der Waals surface area contributed by atoms with Gasteiger partial charge in [0.25, 0.3) is 5.56 Å². The van der Waals surface area contributed by atoms with Crippen LogP contribution in [0.3, 0.4) is 0 Å². The number of aromatic nitrogens is 2. The third-order valence-corrected chi connectivity index (χ3v) is 4.51. The van der Waals surface area contributed by atoms with Gasteiger partial charge in [0.2, 0.25) is 0 Å². The molecule has 2 aromatic rings. The molecule has 1 aromatic heterocycles. The predicted molar refractivity (Wildman–Crippen MR) is 100 cm³/mol. The number of methoxy groups -OCH3 is 1. The Morgan fingerprint density at radius 1 is 1.25 bits per heavy atom. The van der Waals surface area contributed by atoms with Crippen molar-refractivity contribution in [3.8, 4) is 5.69 Å². The quantitative estimate of drug-likeness (QED) is 0.555. The van der Waals surface area contributed by atoms with Crippen molar-refractivity contribution in [2.24, 2.45) is 0 Å². The van der Waals surface area contributed by atoms with Crippen LogP contribution in [0.5, 0.6) is 0 Å². The molecule has 0 unspecified atom stereocenters. The molecule has 0 atom stereocenters. The van der Waals surface area contributed by atoms with Crippen molar-refractivity contribution in [3.63, 3.8) is 0 Å². The van der Waals surface area contributed by atoms with Gasteiger partial charge in [-0.15, -0.1) is 0 Å². The molecule has 6 nitrogen and oxygen atoms in total. The van der Waals surface area contributed by atoms with Gasteiger partial charge in [-0.3, -0.25) is 13.9 Å². The Balaban J connectivity index is 2.77. The standard InChI is InChI=1S/C18H17F3N2O4S/c1-4-22-15(24)13(9-14(28)16(25)27-3)10(2)23(17(22)26)12-7-5-6-11(8-12)18(19,20)21/h5-8H,4,9H2,1-3H3. The summed E-state index contributed by atoms with van der Waals surface area (Å²) in [5.41, 5.74) is -2.28. The topological polar surface area (TPSA) is 70.3 Å². The zero-order chi connectivity index (χ0) is 21.2. The fourth-order valence-electron chi connectivity index (χ4n) is 2.76. The van der Waals surface area contributed by atoms with Gasteiger partial charge in [-0.2, -0.15) is 13.2 Å². The maximum absolute atomic E-state index is 13.1. The molecule has 150 valence electrons. The van der Waals surface area contributed by atoms with E-state index in [9.17, 15) is 27.6 Å². The van der Waals surface area contributed by atoms with Crippen molar-refractivity contribution in [3.05, 3.63) is 61.9 Å². The van der Waals surface area contributed by atoms with Gasteiger partial charge in [0, 0.05) is 24.2 Å². The van der Waals surface area contributed by atoms with Gasteiger partial charge in [0.15, 0.2) is 0 Å². The highest BCUT2D eigenvalue weighted by molar-refractivity contribution is 7.82. The maximum atomic E-state index is 13.1. The van der Waals surface area contributed by atoms with Crippen molar-refractivity contribution in [2.75, 3.05) is 7.11 Å². The molecule has 0 fully saturated rings. The van der Waals surface area contributed by atoms with E-state index in [-0.39, 0.29) is 34.8 Å². The summed E-state index contributed by atoms with van der Waals surface area (Å²) in [6.45, 7) is 2.96. The second-order valence-electron chi connectivity index (χ2n) is 5.87. The minimum atomic E-state index is -4.60. The molecule has 1 heterocycles. The van der Waals surface area contributed by atoms with Crippen LogP contribution in [0, 0.1) is 6.92 Å². The summed E-state index contributed by atoms with van der Waals surface area (Å²) in [4.78, 5) is 36.8. The van der Waals surface area contributed by atoms with Gasteiger partial charge in [-0.05, 0) is 32.0 Å². The summed E-state index contributed by atoms with van der Waals surface area (Å²) in [7, 11) is 1.13. The Labute approximate surface area is 163 Å². The first-order valence-corrected chi connectivity index (χ1v) is 8.57. The molecule has 0 saturated carbocycles. The lowest BCUT2D eigenvalue weighted by atomic mass is 10.1. The molecule has 0 saturated heterocycles. The molecule has 0 radical (unpaired) electrons. The highest BCUT2D eigenvalue weighted by Crippen LogP contribution is 2.30. The van der Waals surface area contributed by atoms with E-state index >= 15 is 0 Å². The van der Waals surface area contributed by atoms with Crippen molar-refractivity contribution in [1.29, 1.82) is 0 Å². The van der Waals surface area contributed by atoms with Gasteiger partial charge in [0.1, 0.15) is 4.86 Å². The lowest BCUT2D eigenvalue weighted by molar-refractivity contribution is -0.137. The highest BCUT2D eigenvalue weighted by atomic mass is 32.1. The summed E-state index contributed by atoms with van der Waals surface area (Å²) < 4.78 is 45.6. The normalized spacial score (nSPS) is 11.4. The zero-order valence-electron chi connectivity index (χ0n) is 15.3. The maximum Gasteiger partial charge on any atom is 0.416 e. The van der Waals surface area contributed by atoms with Gasteiger partial charge in [0.05, 0.1) is 18.4 Å². The van der Waals surface area contributed by atoms with Gasteiger partial charge >= 0.3 is 17.8 Å². The summed E-state index contributed by atoms with van der Waals surface area (Å²) in [6, 6.07) is 4.20. The van der Waals surface area contributed by atoms with E-state index in [0.717, 1.165) is 28.4 Å². The van der Waals surface area contributed by atoms with Crippen molar-refractivity contribution >= 4 is 23.1 Å². The third kappa shape index (κ3) is 4.06. The van der Waals surface area contributed by atoms with Crippen LogP contribution in [-0.2, 0) is 28.7 Å². The zero-order valence-corrected chi connectivity index (χ0v) is 16.1. The number of hydrogen-bond acceptors (Lipinski definition) is 5. The average Bonchev–Trinajstić information content (AvgIpc) is 2.64. The largest absolute Gasteiger partial charge is 0.465 e. The van der Waals surface area contributed by atoms with Crippen LogP contribution in [0.4, 0.5) is 13.2 Å². The predicted octanol–water partition coefficient (Wildman–Crippen LogP) is 2.43. The van der Waals surface area contributed by atoms with Gasteiger partial charge in [-0.25, -0.2) is 9.59 Å². The lowest BCUT2D eigenvalue weighted by Gasteiger charge is -2.17. The van der Waals surface area contributed by atoms with Crippen molar-refractivity contribution in [2.45, 2.75) is 33.0 Å². The second kappa shape index (κ2) is 8.09. The number of carbonyl (C=O) groups is 1. The van der Waals surface area contributed by atoms with E-state index in [0.29, 0.717) is 0 Å². The first-order chi connectivity index (χ1) is 13.0. The number of alkyl halides is 3. The second-order valence-corrected chi connectivity index (χ2v) is 6.36. The molecule has 10 heteroatoms. The first-order valence-electron chi connectivity index (χ1n) is 8.17. The van der Waals surface area contributed by atoms with Gasteiger partial charge in [-0.1, -0.05) is 18.3 Å². The van der Waals surface area contributed by atoms with Crippen LogP contribution in [0.2, 0.25) is 0 Å². The molecule has 2 rings (SSSR count). The number of hydrogen-bond donors (Lipinski definition) is 0. The molecule has 1 aromatic carbocycles. The smallest absolute Gasteiger partial charge is 0.416 e. The SMILES string of the molecule is CCn1c(=O)c(CC(=S)C(=O)OC)c(C)n(-c2cccc(C(F)(F)F)c2)c1=O. The van der Waals surface area contributed by atoms with Gasteiger partial charge < -0.3 is 4.74 Å². The van der Waals surface area contributed by atoms with E-state index in [2.05, 4.69) is 4.74 Å². The average molecular weight is 414 g/mol. The molecule has 28 heavy (non-hydrogen) atoms. The number of halogens is 3. The van der Waals surface area contributed by atoms with Crippen LogP contribution < -0.4 is 11.2 Å². The van der Waals surface area contributed by atoms with Crippen LogP contribution >= 0.6 is 12.2 Å². The Kier molecular flexibility index (Phi) is 6.23. The molecule has 0 aliphatic carbocycles. The molecular formula is C18H17F3N2O4S. The molecule has 0 aliphatic heterocycles. The summed E-state index contributed by atoms with van der Waals surface area (Å²) in [5, 5.41) is 0. The Bertz CT molecular complexity index is 1050. The number of rotatable bonds is 5. The lowest BCUT2D eigenvalue weighted by Crippen LogP contribution is -2.43. The summed E-state index contributed by atoms with van der Waals surface area (Å²) in [6.07, 6.45) is -4.87. The molecule has 0 spiro atoms. The van der Waals surface area contributed by atoms with Crippen molar-refractivity contribution in [1.82, 2.24) is 9.13 Å². The number of esters is 1. The van der Waals surface area contributed by atoms with E-state index < -0.39 is 29.0 Å². The molecular weight excluding hydrogens is 397 g/mol. The molecule has 0 aliphatic rings. The number of ether oxygens (including phenoxy) is 1. The number of thiocarbonyl (C=S) groups is 1. The number of benzene rings is 1. The van der Waals surface area contributed by atoms with E-state index in [1.165, 1.54) is 19.1 Å². The van der Waals surface area contributed by atoms with Crippen LogP contribution in [0.1, 0.15) is 23.7 Å². The molecule has 0 N–H and O–H groups in total. The highest BCUT2D eigenvalue weighted by Gasteiger charge is 2.31. The Hall–Kier alpha value is -2.75. The number of nitrogens with zero attached hydrogens (tertiary/aromatic N) is 2. The van der Waals surface area contributed by atoms with E-state index in [1.807, 2.05) is 0 Å². The first kappa shape index (κ1) is 21.5. The number of carbonyl (C=O) groups excluding carboxylic acids is 1. The van der Waals surface area contributed by atoms with Crippen molar-refractivity contribution < 1.29 is 22.7 Å². The summed E-state index contributed by atoms with van der Waals surface area (Å²) >= 11 is 4.96.